The fraction of sp³-hybridized carbons (Fsp3) is 0.231. The van der Waals surface area contributed by atoms with Crippen LogP contribution in [-0.4, -0.2) is 15.0 Å². The van der Waals surface area contributed by atoms with Crippen molar-refractivity contribution in [3.05, 3.63) is 47.2 Å². The van der Waals surface area contributed by atoms with E-state index < -0.39 is 0 Å². The lowest BCUT2D eigenvalue weighted by molar-refractivity contribution is 0.972. The first-order valence-electron chi connectivity index (χ1n) is 5.58. The lowest BCUT2D eigenvalue weighted by Crippen LogP contribution is -2.06. The second-order valence-electron chi connectivity index (χ2n) is 3.96. The highest BCUT2D eigenvalue weighted by molar-refractivity contribution is 5.52. The maximum absolute atomic E-state index is 8.98. The van der Waals surface area contributed by atoms with Crippen LogP contribution >= 0.6 is 0 Å². The minimum Gasteiger partial charge on any atom is -0.363 e. The number of nitrogens with one attached hydrogen (secondary N) is 1. The number of nitrogens with zero attached hydrogens (tertiary/aromatic N) is 4. The first kappa shape index (κ1) is 12.0. The molecule has 1 N–H and O–H groups in total. The zero-order chi connectivity index (χ0) is 13.0. The average Bonchev–Trinajstić information content (AvgIpc) is 2.38. The fourth-order valence-corrected chi connectivity index (χ4v) is 1.47. The van der Waals surface area contributed by atoms with E-state index in [4.69, 9.17) is 5.26 Å². The molecule has 0 bridgehead atoms. The zero-order valence-electron chi connectivity index (χ0n) is 10.3. The molecule has 0 amide bonds. The third-order valence-electron chi connectivity index (χ3n) is 2.43. The summed E-state index contributed by atoms with van der Waals surface area (Å²) in [4.78, 5) is 12.7. The summed E-state index contributed by atoms with van der Waals surface area (Å²) in [5, 5.41) is 12.1. The molecule has 0 fully saturated rings. The van der Waals surface area contributed by atoms with E-state index in [2.05, 4.69) is 26.3 Å². The van der Waals surface area contributed by atoms with Crippen LogP contribution in [0.1, 0.15) is 22.6 Å². The molecule has 0 saturated heterocycles. The molecule has 90 valence electrons. The Morgan fingerprint density at radius 2 is 2.00 bits per heavy atom. The zero-order valence-corrected chi connectivity index (χ0v) is 10.3. The maximum Gasteiger partial charge on any atom is 0.144 e. The number of pyridine rings is 1. The van der Waals surface area contributed by atoms with Crippen molar-refractivity contribution < 1.29 is 0 Å². The van der Waals surface area contributed by atoms with Gasteiger partial charge in [-0.25, -0.2) is 4.98 Å². The average molecular weight is 239 g/mol. The van der Waals surface area contributed by atoms with Crippen molar-refractivity contribution in [2.45, 2.75) is 20.4 Å². The van der Waals surface area contributed by atoms with Crippen LogP contribution in [0.4, 0.5) is 5.82 Å². The molecule has 2 heterocycles. The molecule has 0 aromatic carbocycles. The molecule has 0 aliphatic carbocycles. The van der Waals surface area contributed by atoms with E-state index in [1.165, 1.54) is 0 Å². The SMILES string of the molecule is Cc1cnc(CNc2nc(C)ccc2C#N)cn1. The van der Waals surface area contributed by atoms with Crippen molar-refractivity contribution in [1.82, 2.24) is 15.0 Å². The largest absolute Gasteiger partial charge is 0.363 e. The van der Waals surface area contributed by atoms with Gasteiger partial charge >= 0.3 is 0 Å². The highest BCUT2D eigenvalue weighted by Crippen LogP contribution is 2.12. The normalized spacial score (nSPS) is 9.83. The van der Waals surface area contributed by atoms with Crippen LogP contribution in [0.3, 0.4) is 0 Å². The summed E-state index contributed by atoms with van der Waals surface area (Å²) in [6.07, 6.45) is 3.43. The van der Waals surface area contributed by atoms with E-state index in [-0.39, 0.29) is 0 Å². The predicted molar refractivity (Wildman–Crippen MR) is 67.8 cm³/mol. The maximum atomic E-state index is 8.98. The van der Waals surface area contributed by atoms with Crippen molar-refractivity contribution in [3.8, 4) is 6.07 Å². The van der Waals surface area contributed by atoms with Crippen molar-refractivity contribution in [2.75, 3.05) is 5.32 Å². The van der Waals surface area contributed by atoms with Gasteiger partial charge in [0, 0.05) is 11.9 Å². The molecule has 2 aromatic rings. The number of anilines is 1. The number of rotatable bonds is 3. The number of hydrogen-bond donors (Lipinski definition) is 1. The molecule has 0 radical (unpaired) electrons. The Balaban J connectivity index is 2.13. The van der Waals surface area contributed by atoms with Gasteiger partial charge in [-0.15, -0.1) is 0 Å². The summed E-state index contributed by atoms with van der Waals surface area (Å²) in [6.45, 7) is 4.27. The molecular weight excluding hydrogens is 226 g/mol. The molecule has 0 aliphatic rings. The molecule has 18 heavy (non-hydrogen) atoms. The third-order valence-corrected chi connectivity index (χ3v) is 2.43. The highest BCUT2D eigenvalue weighted by atomic mass is 15.0. The van der Waals surface area contributed by atoms with Crippen LogP contribution in [0.2, 0.25) is 0 Å². The molecule has 5 heteroatoms. The minimum absolute atomic E-state index is 0.498. The second kappa shape index (κ2) is 5.23. The molecule has 0 unspecified atom stereocenters. The quantitative estimate of drug-likeness (QED) is 0.886. The summed E-state index contributed by atoms with van der Waals surface area (Å²) < 4.78 is 0. The van der Waals surface area contributed by atoms with E-state index in [1.54, 1.807) is 18.5 Å². The highest BCUT2D eigenvalue weighted by Gasteiger charge is 2.04. The molecule has 0 saturated carbocycles. The molecule has 2 rings (SSSR count). The Morgan fingerprint density at radius 1 is 1.17 bits per heavy atom. The van der Waals surface area contributed by atoms with E-state index in [1.807, 2.05) is 19.9 Å². The van der Waals surface area contributed by atoms with Gasteiger partial charge in [-0.1, -0.05) is 0 Å². The molecule has 0 atom stereocenters. The van der Waals surface area contributed by atoms with Gasteiger partial charge < -0.3 is 5.32 Å². The standard InChI is InChI=1S/C13H13N5/c1-9-3-4-11(5-14)13(18-9)17-8-12-7-15-10(2)6-16-12/h3-4,6-7H,8H2,1-2H3,(H,17,18). The van der Waals surface area contributed by atoms with E-state index in [0.717, 1.165) is 17.1 Å². The van der Waals surface area contributed by atoms with Gasteiger partial charge in [0.1, 0.15) is 11.9 Å². The van der Waals surface area contributed by atoms with Gasteiger partial charge in [-0.3, -0.25) is 9.97 Å². The topological polar surface area (TPSA) is 74.5 Å². The summed E-state index contributed by atoms with van der Waals surface area (Å²) in [5.74, 6) is 0.583. The lowest BCUT2D eigenvalue weighted by atomic mass is 10.2. The predicted octanol–water partition coefficient (Wildman–Crippen LogP) is 1.97. The number of nitriles is 1. The van der Waals surface area contributed by atoms with Crippen molar-refractivity contribution in [2.24, 2.45) is 0 Å². The second-order valence-corrected chi connectivity index (χ2v) is 3.96. The van der Waals surface area contributed by atoms with Gasteiger partial charge in [0.05, 0.1) is 29.7 Å². The fourth-order valence-electron chi connectivity index (χ4n) is 1.47. The van der Waals surface area contributed by atoms with Gasteiger partial charge in [-0.2, -0.15) is 5.26 Å². The summed E-state index contributed by atoms with van der Waals surface area (Å²) in [6, 6.07) is 5.68. The van der Waals surface area contributed by atoms with Crippen LogP contribution in [0.15, 0.2) is 24.5 Å². The Labute approximate surface area is 106 Å². The Morgan fingerprint density at radius 3 is 2.67 bits per heavy atom. The van der Waals surface area contributed by atoms with Gasteiger partial charge in [0.2, 0.25) is 0 Å². The van der Waals surface area contributed by atoms with Crippen LogP contribution < -0.4 is 5.32 Å². The Hall–Kier alpha value is -2.48. The van der Waals surface area contributed by atoms with Gasteiger partial charge in [0.15, 0.2) is 0 Å². The summed E-state index contributed by atoms with van der Waals surface area (Å²) in [5.41, 5.74) is 3.09. The number of hydrogen-bond acceptors (Lipinski definition) is 5. The van der Waals surface area contributed by atoms with Crippen molar-refractivity contribution >= 4 is 5.82 Å². The first-order valence-corrected chi connectivity index (χ1v) is 5.58. The minimum atomic E-state index is 0.498. The Bertz CT molecular complexity index is 583. The number of aromatic nitrogens is 3. The van der Waals surface area contributed by atoms with E-state index in [0.29, 0.717) is 17.9 Å². The third kappa shape index (κ3) is 2.80. The number of aryl methyl sites for hydroxylation is 2. The smallest absolute Gasteiger partial charge is 0.144 e. The van der Waals surface area contributed by atoms with Crippen LogP contribution in [0.25, 0.3) is 0 Å². The molecule has 2 aromatic heterocycles. The monoisotopic (exact) mass is 239 g/mol. The van der Waals surface area contributed by atoms with E-state index in [9.17, 15) is 0 Å². The van der Waals surface area contributed by atoms with E-state index >= 15 is 0 Å². The van der Waals surface area contributed by atoms with Crippen LogP contribution in [0.5, 0.6) is 0 Å². The lowest BCUT2D eigenvalue weighted by Gasteiger charge is -2.07. The molecule has 5 nitrogen and oxygen atoms in total. The van der Waals surface area contributed by atoms with Gasteiger partial charge in [-0.05, 0) is 26.0 Å². The molecule has 0 spiro atoms. The van der Waals surface area contributed by atoms with Crippen LogP contribution in [-0.2, 0) is 6.54 Å². The van der Waals surface area contributed by atoms with Crippen LogP contribution in [0, 0.1) is 25.2 Å². The molecule has 0 aliphatic heterocycles. The van der Waals surface area contributed by atoms with Crippen molar-refractivity contribution in [3.63, 3.8) is 0 Å². The summed E-state index contributed by atoms with van der Waals surface area (Å²) >= 11 is 0. The first-order chi connectivity index (χ1) is 8.69. The van der Waals surface area contributed by atoms with Crippen molar-refractivity contribution in [1.29, 1.82) is 5.26 Å². The molecular formula is C13H13N5. The van der Waals surface area contributed by atoms with Gasteiger partial charge in [0.25, 0.3) is 0 Å². The Kier molecular flexibility index (Phi) is 3.49. The summed E-state index contributed by atoms with van der Waals surface area (Å²) in [7, 11) is 0.